The summed E-state index contributed by atoms with van der Waals surface area (Å²) in [4.78, 5) is 2.43. The minimum atomic E-state index is 0.340. The van der Waals surface area contributed by atoms with Crippen LogP contribution in [0.5, 0.6) is 11.5 Å². The summed E-state index contributed by atoms with van der Waals surface area (Å²) in [7, 11) is 3.24. The summed E-state index contributed by atoms with van der Waals surface area (Å²) in [6.45, 7) is 2.95. The molecule has 130 valence electrons. The lowest BCUT2D eigenvalue weighted by Crippen LogP contribution is -2.24. The number of nitrogen functional groups attached to an aromatic ring is 1. The number of methoxy groups -OCH3 is 2. The van der Waals surface area contributed by atoms with E-state index in [0.717, 1.165) is 36.5 Å². The van der Waals surface area contributed by atoms with Crippen molar-refractivity contribution in [1.82, 2.24) is 10.1 Å². The highest BCUT2D eigenvalue weighted by atomic mass is 16.5. The van der Waals surface area contributed by atoms with E-state index in [0.29, 0.717) is 17.4 Å². The number of likely N-dealkylation sites (tertiary alicyclic amines) is 1. The van der Waals surface area contributed by atoms with Crippen LogP contribution < -0.4 is 15.2 Å². The van der Waals surface area contributed by atoms with Gasteiger partial charge in [0.25, 0.3) is 0 Å². The summed E-state index contributed by atoms with van der Waals surface area (Å²) >= 11 is 0. The fourth-order valence-electron chi connectivity index (χ4n) is 3.25. The molecule has 24 heavy (non-hydrogen) atoms. The molecule has 0 atom stereocenters. The van der Waals surface area contributed by atoms with Gasteiger partial charge in [0.15, 0.2) is 11.5 Å². The van der Waals surface area contributed by atoms with Crippen molar-refractivity contribution in [2.75, 3.05) is 33.0 Å². The number of anilines is 1. The molecule has 1 fully saturated rings. The Bertz CT molecular complexity index is 676. The highest BCUT2D eigenvalue weighted by molar-refractivity contribution is 5.76. The van der Waals surface area contributed by atoms with E-state index in [1.165, 1.54) is 25.7 Å². The highest BCUT2D eigenvalue weighted by Crippen LogP contribution is 2.36. The molecular formula is C18H25N3O3. The van der Waals surface area contributed by atoms with Crippen molar-refractivity contribution in [3.05, 3.63) is 23.9 Å². The Labute approximate surface area is 142 Å². The third kappa shape index (κ3) is 3.48. The van der Waals surface area contributed by atoms with E-state index in [1.54, 1.807) is 14.2 Å². The SMILES string of the molecule is COc1ccc(-c2c(CN3CCCCCC3)noc2N)cc1OC. The number of rotatable bonds is 5. The van der Waals surface area contributed by atoms with Gasteiger partial charge in [-0.05, 0) is 43.6 Å². The Balaban J connectivity index is 1.89. The van der Waals surface area contributed by atoms with Crippen molar-refractivity contribution in [3.8, 4) is 22.6 Å². The molecule has 0 aliphatic carbocycles. The van der Waals surface area contributed by atoms with E-state index in [1.807, 2.05) is 18.2 Å². The Hall–Kier alpha value is -2.21. The molecule has 0 unspecified atom stereocenters. The Morgan fingerprint density at radius 3 is 2.46 bits per heavy atom. The standard InChI is InChI=1S/C18H25N3O3/c1-22-15-8-7-13(11-16(15)23-2)17-14(20-24-18(17)19)12-21-9-5-3-4-6-10-21/h7-8,11H,3-6,9-10,12,19H2,1-2H3. The third-order valence-corrected chi connectivity index (χ3v) is 4.53. The highest BCUT2D eigenvalue weighted by Gasteiger charge is 2.20. The van der Waals surface area contributed by atoms with E-state index in [4.69, 9.17) is 19.7 Å². The molecule has 3 rings (SSSR count). The smallest absolute Gasteiger partial charge is 0.230 e. The molecule has 1 aromatic heterocycles. The maximum Gasteiger partial charge on any atom is 0.230 e. The number of ether oxygens (including phenoxy) is 2. The van der Waals surface area contributed by atoms with Crippen molar-refractivity contribution >= 4 is 5.88 Å². The molecule has 6 nitrogen and oxygen atoms in total. The molecule has 1 aliphatic rings. The summed E-state index contributed by atoms with van der Waals surface area (Å²) in [6.07, 6.45) is 5.08. The molecule has 0 spiro atoms. The summed E-state index contributed by atoms with van der Waals surface area (Å²) in [5.74, 6) is 1.69. The number of aromatic nitrogens is 1. The van der Waals surface area contributed by atoms with Gasteiger partial charge < -0.3 is 19.7 Å². The van der Waals surface area contributed by atoms with E-state index in [2.05, 4.69) is 10.1 Å². The second-order valence-electron chi connectivity index (χ2n) is 6.13. The molecule has 1 aliphatic heterocycles. The van der Waals surface area contributed by atoms with Crippen LogP contribution in [0.1, 0.15) is 31.4 Å². The summed E-state index contributed by atoms with van der Waals surface area (Å²) in [5.41, 5.74) is 8.70. The van der Waals surface area contributed by atoms with Crippen LogP contribution in [-0.4, -0.2) is 37.4 Å². The van der Waals surface area contributed by atoms with Crippen LogP contribution in [0.25, 0.3) is 11.1 Å². The zero-order valence-corrected chi connectivity index (χ0v) is 14.4. The van der Waals surface area contributed by atoms with Crippen LogP contribution in [0.2, 0.25) is 0 Å². The summed E-state index contributed by atoms with van der Waals surface area (Å²) in [6, 6.07) is 5.74. The Kier molecular flexibility index (Phi) is 5.25. The lowest BCUT2D eigenvalue weighted by molar-refractivity contribution is 0.267. The van der Waals surface area contributed by atoms with Gasteiger partial charge in [-0.25, -0.2) is 0 Å². The minimum Gasteiger partial charge on any atom is -0.493 e. The van der Waals surface area contributed by atoms with Crippen molar-refractivity contribution in [3.63, 3.8) is 0 Å². The molecule has 0 amide bonds. The first-order valence-electron chi connectivity index (χ1n) is 8.41. The molecule has 0 saturated carbocycles. The number of benzene rings is 1. The second kappa shape index (κ2) is 7.57. The maximum atomic E-state index is 6.05. The average molecular weight is 331 g/mol. The third-order valence-electron chi connectivity index (χ3n) is 4.53. The first-order valence-corrected chi connectivity index (χ1v) is 8.41. The maximum absolute atomic E-state index is 6.05. The van der Waals surface area contributed by atoms with Crippen LogP contribution in [0, 0.1) is 0 Å². The monoisotopic (exact) mass is 331 g/mol. The van der Waals surface area contributed by atoms with Gasteiger partial charge >= 0.3 is 0 Å². The zero-order chi connectivity index (χ0) is 16.9. The minimum absolute atomic E-state index is 0.340. The Morgan fingerprint density at radius 2 is 1.79 bits per heavy atom. The van der Waals surface area contributed by atoms with Crippen molar-refractivity contribution in [2.24, 2.45) is 0 Å². The molecule has 2 aromatic rings. The summed E-state index contributed by atoms with van der Waals surface area (Å²) in [5, 5.41) is 4.20. The second-order valence-corrected chi connectivity index (χ2v) is 6.13. The van der Waals surface area contributed by atoms with Crippen LogP contribution in [0.3, 0.4) is 0 Å². The largest absolute Gasteiger partial charge is 0.493 e. The number of hydrogen-bond acceptors (Lipinski definition) is 6. The van der Waals surface area contributed by atoms with Crippen LogP contribution >= 0.6 is 0 Å². The molecular weight excluding hydrogens is 306 g/mol. The van der Waals surface area contributed by atoms with E-state index < -0.39 is 0 Å². The quantitative estimate of drug-likeness (QED) is 0.906. The molecule has 2 N–H and O–H groups in total. The fraction of sp³-hybridized carbons (Fsp3) is 0.500. The number of hydrogen-bond donors (Lipinski definition) is 1. The number of nitrogens with two attached hydrogens (primary N) is 1. The predicted molar refractivity (Wildman–Crippen MR) is 93.2 cm³/mol. The Morgan fingerprint density at radius 1 is 1.08 bits per heavy atom. The van der Waals surface area contributed by atoms with Gasteiger partial charge in [-0.15, -0.1) is 0 Å². The van der Waals surface area contributed by atoms with E-state index in [-0.39, 0.29) is 0 Å². The molecule has 6 heteroatoms. The van der Waals surface area contributed by atoms with Crippen LogP contribution in [0.4, 0.5) is 5.88 Å². The van der Waals surface area contributed by atoms with Crippen LogP contribution in [0.15, 0.2) is 22.7 Å². The molecule has 2 heterocycles. The van der Waals surface area contributed by atoms with Gasteiger partial charge in [0, 0.05) is 6.54 Å². The fourth-order valence-corrected chi connectivity index (χ4v) is 3.25. The van der Waals surface area contributed by atoms with Gasteiger partial charge in [0.2, 0.25) is 5.88 Å². The van der Waals surface area contributed by atoms with Crippen molar-refractivity contribution in [1.29, 1.82) is 0 Å². The lowest BCUT2D eigenvalue weighted by Gasteiger charge is -2.18. The predicted octanol–water partition coefficient (Wildman–Crippen LogP) is 3.32. The molecule has 1 aromatic carbocycles. The lowest BCUT2D eigenvalue weighted by atomic mass is 10.0. The molecule has 0 bridgehead atoms. The average Bonchev–Trinajstić information content (AvgIpc) is 2.80. The van der Waals surface area contributed by atoms with E-state index >= 15 is 0 Å². The van der Waals surface area contributed by atoms with Crippen molar-refractivity contribution < 1.29 is 14.0 Å². The normalized spacial score (nSPS) is 15.9. The van der Waals surface area contributed by atoms with Gasteiger partial charge in [-0.3, -0.25) is 4.90 Å². The zero-order valence-electron chi connectivity index (χ0n) is 14.4. The van der Waals surface area contributed by atoms with Gasteiger partial charge in [-0.1, -0.05) is 24.1 Å². The first kappa shape index (κ1) is 16.6. The van der Waals surface area contributed by atoms with Crippen LogP contribution in [-0.2, 0) is 6.54 Å². The summed E-state index contributed by atoms with van der Waals surface area (Å²) < 4.78 is 16.0. The number of nitrogens with zero attached hydrogens (tertiary/aromatic N) is 2. The van der Waals surface area contributed by atoms with E-state index in [9.17, 15) is 0 Å². The molecule has 0 radical (unpaired) electrons. The van der Waals surface area contributed by atoms with Crippen molar-refractivity contribution in [2.45, 2.75) is 32.2 Å². The van der Waals surface area contributed by atoms with Gasteiger partial charge in [-0.2, -0.15) is 0 Å². The topological polar surface area (TPSA) is 73.8 Å². The molecule has 1 saturated heterocycles. The first-order chi connectivity index (χ1) is 11.7. The van der Waals surface area contributed by atoms with Gasteiger partial charge in [0.05, 0.1) is 19.8 Å². The van der Waals surface area contributed by atoms with Gasteiger partial charge in [0.1, 0.15) is 5.69 Å².